The van der Waals surface area contributed by atoms with Crippen LogP contribution in [0.5, 0.6) is 0 Å². The molecule has 1 unspecified atom stereocenters. The summed E-state index contributed by atoms with van der Waals surface area (Å²) in [5.74, 6) is -0.496. The molecule has 7 heteroatoms. The summed E-state index contributed by atoms with van der Waals surface area (Å²) in [6.07, 6.45) is 0.356. The fourth-order valence-corrected chi connectivity index (χ4v) is 4.03. The highest BCUT2D eigenvalue weighted by molar-refractivity contribution is 6.31. The molecule has 0 spiro atoms. The zero-order valence-electron chi connectivity index (χ0n) is 14.3. The molecule has 1 atom stereocenters. The molecule has 0 saturated heterocycles. The molecule has 0 fully saturated rings. The first-order valence-corrected chi connectivity index (χ1v) is 9.36. The fraction of sp³-hybridized carbons (Fsp3) is 0.250. The van der Waals surface area contributed by atoms with E-state index < -0.39 is 11.9 Å². The third-order valence-electron chi connectivity index (χ3n) is 4.98. The molecule has 2 heterocycles. The fourth-order valence-electron chi connectivity index (χ4n) is 3.67. The van der Waals surface area contributed by atoms with Gasteiger partial charge in [-0.15, -0.1) is 0 Å². The van der Waals surface area contributed by atoms with Crippen molar-refractivity contribution in [3.63, 3.8) is 0 Å². The Bertz CT molecular complexity index is 1010. The van der Waals surface area contributed by atoms with Crippen molar-refractivity contribution in [1.29, 1.82) is 0 Å². The Morgan fingerprint density at radius 1 is 1.26 bits per heavy atom. The first-order valence-electron chi connectivity index (χ1n) is 8.60. The molecule has 0 aliphatic carbocycles. The van der Waals surface area contributed by atoms with Gasteiger partial charge in [0, 0.05) is 41.3 Å². The molecule has 4 rings (SSSR count). The Labute approximate surface area is 165 Å². The predicted octanol–water partition coefficient (Wildman–Crippen LogP) is 4.89. The van der Waals surface area contributed by atoms with E-state index in [9.17, 15) is 9.18 Å². The van der Waals surface area contributed by atoms with Crippen LogP contribution in [-0.2, 0) is 22.5 Å². The van der Waals surface area contributed by atoms with Gasteiger partial charge in [0.05, 0.1) is 5.02 Å². The van der Waals surface area contributed by atoms with Crippen LogP contribution in [0.4, 0.5) is 4.39 Å². The Kier molecular flexibility index (Phi) is 5.08. The first kappa shape index (κ1) is 18.3. The monoisotopic (exact) mass is 406 g/mol. The highest BCUT2D eigenvalue weighted by atomic mass is 35.5. The average molecular weight is 407 g/mol. The van der Waals surface area contributed by atoms with Crippen LogP contribution in [0, 0.1) is 5.82 Å². The van der Waals surface area contributed by atoms with Gasteiger partial charge in [0.25, 0.3) is 6.47 Å². The smallest absolute Gasteiger partial charge is 0.293 e. The van der Waals surface area contributed by atoms with Crippen LogP contribution in [-0.4, -0.2) is 29.4 Å². The van der Waals surface area contributed by atoms with Gasteiger partial charge in [-0.25, -0.2) is 4.39 Å². The lowest BCUT2D eigenvalue weighted by Crippen LogP contribution is -2.34. The number of benzene rings is 2. The Balaban J connectivity index is 1.56. The number of fused-ring (bicyclic) bond motifs is 3. The number of halogens is 3. The summed E-state index contributed by atoms with van der Waals surface area (Å²) in [4.78, 5) is 16.6. The number of nitrogens with one attached hydrogen (secondary N) is 1. The van der Waals surface area contributed by atoms with Crippen molar-refractivity contribution in [3.05, 3.63) is 69.1 Å². The molecule has 140 valence electrons. The molecule has 1 N–H and O–H groups in total. The van der Waals surface area contributed by atoms with Crippen LogP contribution in [0.1, 0.15) is 22.9 Å². The second-order valence-corrected chi connectivity index (χ2v) is 7.50. The van der Waals surface area contributed by atoms with Gasteiger partial charge in [-0.2, -0.15) is 0 Å². The Morgan fingerprint density at radius 3 is 2.89 bits per heavy atom. The third-order valence-corrected chi connectivity index (χ3v) is 5.50. The molecule has 0 amide bonds. The van der Waals surface area contributed by atoms with E-state index in [4.69, 9.17) is 27.9 Å². The van der Waals surface area contributed by atoms with Crippen LogP contribution in [0.2, 0.25) is 10.0 Å². The normalized spacial score (nSPS) is 15.5. The van der Waals surface area contributed by atoms with E-state index in [0.29, 0.717) is 25.1 Å². The lowest BCUT2D eigenvalue weighted by molar-refractivity contribution is -0.135. The molecular formula is C20H17Cl2FN2O2. The number of carbonyl (C=O) groups is 1. The maximum Gasteiger partial charge on any atom is 0.293 e. The molecule has 27 heavy (non-hydrogen) atoms. The lowest BCUT2D eigenvalue weighted by atomic mass is 10.0. The van der Waals surface area contributed by atoms with Crippen molar-refractivity contribution < 1.29 is 13.9 Å². The molecule has 4 nitrogen and oxygen atoms in total. The molecule has 3 aromatic rings. The van der Waals surface area contributed by atoms with Crippen LogP contribution < -0.4 is 0 Å². The van der Waals surface area contributed by atoms with Crippen molar-refractivity contribution in [2.45, 2.75) is 19.1 Å². The largest absolute Gasteiger partial charge is 0.458 e. The van der Waals surface area contributed by atoms with Crippen LogP contribution in [0.3, 0.4) is 0 Å². The summed E-state index contributed by atoms with van der Waals surface area (Å²) in [7, 11) is 0. The van der Waals surface area contributed by atoms with E-state index in [-0.39, 0.29) is 5.02 Å². The van der Waals surface area contributed by atoms with E-state index in [1.54, 1.807) is 6.07 Å². The second kappa shape index (κ2) is 7.50. The molecule has 1 aliphatic heterocycles. The van der Waals surface area contributed by atoms with Gasteiger partial charge in [0.2, 0.25) is 0 Å². The summed E-state index contributed by atoms with van der Waals surface area (Å²) in [5, 5.41) is 1.89. The molecular weight excluding hydrogens is 390 g/mol. The van der Waals surface area contributed by atoms with Crippen molar-refractivity contribution in [2.75, 3.05) is 13.1 Å². The lowest BCUT2D eigenvalue weighted by Gasteiger charge is -2.30. The highest BCUT2D eigenvalue weighted by Gasteiger charge is 2.24. The topological polar surface area (TPSA) is 45.3 Å². The maximum absolute atomic E-state index is 13.4. The molecule has 0 bridgehead atoms. The molecule has 0 saturated carbocycles. The number of carbonyl (C=O) groups excluding carboxylic acids is 1. The van der Waals surface area contributed by atoms with Crippen molar-refractivity contribution in [1.82, 2.24) is 9.88 Å². The Morgan fingerprint density at radius 2 is 2.11 bits per heavy atom. The highest BCUT2D eigenvalue weighted by Crippen LogP contribution is 2.31. The molecule has 0 radical (unpaired) electrons. The van der Waals surface area contributed by atoms with Gasteiger partial charge in [0.15, 0.2) is 0 Å². The number of hydrogen-bond acceptors (Lipinski definition) is 3. The Hall–Kier alpha value is -2.08. The van der Waals surface area contributed by atoms with Gasteiger partial charge >= 0.3 is 0 Å². The van der Waals surface area contributed by atoms with E-state index >= 15 is 0 Å². The zero-order chi connectivity index (χ0) is 19.0. The summed E-state index contributed by atoms with van der Waals surface area (Å²) < 4.78 is 18.7. The quantitative estimate of drug-likeness (QED) is 0.613. The summed E-state index contributed by atoms with van der Waals surface area (Å²) in [6.45, 7) is 2.44. The van der Waals surface area contributed by atoms with E-state index in [1.165, 1.54) is 17.7 Å². The standard InChI is InChI=1S/C20H17Cl2FN2O2/c21-13-2-4-18-15(8-13)14-5-6-25(9-19(14)24-18)10-20(27-11-26)12-1-3-17(23)16(22)7-12/h1-4,7-8,11,20,24H,5-6,9-10H2. The molecule has 1 aromatic heterocycles. The van der Waals surface area contributed by atoms with Gasteiger partial charge < -0.3 is 9.72 Å². The van der Waals surface area contributed by atoms with Gasteiger partial charge in [-0.1, -0.05) is 29.3 Å². The molecule has 1 aliphatic rings. The van der Waals surface area contributed by atoms with Gasteiger partial charge in [-0.05, 0) is 47.9 Å². The number of rotatable bonds is 5. The average Bonchev–Trinajstić information content (AvgIpc) is 3.00. The van der Waals surface area contributed by atoms with Crippen molar-refractivity contribution in [2.24, 2.45) is 0 Å². The van der Waals surface area contributed by atoms with Crippen molar-refractivity contribution in [3.8, 4) is 0 Å². The second-order valence-electron chi connectivity index (χ2n) is 6.65. The van der Waals surface area contributed by atoms with E-state index in [2.05, 4.69) is 9.88 Å². The number of nitrogens with zero attached hydrogens (tertiary/aromatic N) is 1. The minimum atomic E-state index is -0.513. The summed E-state index contributed by atoms with van der Waals surface area (Å²) in [6, 6.07) is 10.2. The number of H-pyrrole nitrogens is 1. The number of aromatic amines is 1. The third kappa shape index (κ3) is 3.68. The zero-order valence-corrected chi connectivity index (χ0v) is 15.9. The minimum Gasteiger partial charge on any atom is -0.458 e. The number of aromatic nitrogens is 1. The van der Waals surface area contributed by atoms with Crippen LogP contribution >= 0.6 is 23.2 Å². The summed E-state index contributed by atoms with van der Waals surface area (Å²) >= 11 is 12.0. The van der Waals surface area contributed by atoms with Crippen LogP contribution in [0.25, 0.3) is 10.9 Å². The first-order chi connectivity index (χ1) is 13.0. The van der Waals surface area contributed by atoms with Gasteiger partial charge in [-0.3, -0.25) is 9.69 Å². The number of hydrogen-bond donors (Lipinski definition) is 1. The SMILES string of the molecule is O=COC(CN1CCc2c([nH]c3ccc(Cl)cc23)C1)c1ccc(F)c(Cl)c1. The molecule has 2 aromatic carbocycles. The maximum atomic E-state index is 13.4. The van der Waals surface area contributed by atoms with E-state index in [1.807, 2.05) is 18.2 Å². The van der Waals surface area contributed by atoms with E-state index in [0.717, 1.165) is 34.6 Å². The summed E-state index contributed by atoms with van der Waals surface area (Å²) in [5.41, 5.74) is 4.15. The number of ether oxygens (including phenoxy) is 1. The van der Waals surface area contributed by atoms with Gasteiger partial charge in [0.1, 0.15) is 11.9 Å². The predicted molar refractivity (Wildman–Crippen MR) is 104 cm³/mol. The van der Waals surface area contributed by atoms with Crippen molar-refractivity contribution >= 4 is 40.6 Å². The minimum absolute atomic E-state index is 0.0143. The van der Waals surface area contributed by atoms with Crippen LogP contribution in [0.15, 0.2) is 36.4 Å².